The minimum atomic E-state index is -0.245. The Labute approximate surface area is 126 Å². The molecule has 0 radical (unpaired) electrons. The number of aromatic nitrogens is 1. The van der Waals surface area contributed by atoms with Gasteiger partial charge >= 0.3 is 6.03 Å². The van der Waals surface area contributed by atoms with E-state index in [1.54, 1.807) is 6.20 Å². The molecule has 1 aromatic carbocycles. The zero-order valence-electron chi connectivity index (χ0n) is 11.4. The fourth-order valence-corrected chi connectivity index (χ4v) is 2.04. The molecule has 0 saturated heterocycles. The van der Waals surface area contributed by atoms with Gasteiger partial charge in [-0.05, 0) is 49.7 Å². The van der Waals surface area contributed by atoms with Crippen molar-refractivity contribution in [3.63, 3.8) is 0 Å². The van der Waals surface area contributed by atoms with Gasteiger partial charge in [-0.15, -0.1) is 0 Å². The highest BCUT2D eigenvalue weighted by atomic mass is 79.9. The van der Waals surface area contributed by atoms with E-state index < -0.39 is 0 Å². The smallest absolute Gasteiger partial charge is 0.319 e. The Morgan fingerprint density at radius 2 is 2.10 bits per heavy atom. The number of amides is 2. The summed E-state index contributed by atoms with van der Waals surface area (Å²) in [7, 11) is 0. The molecule has 1 aromatic heterocycles. The number of nitrogens with zero attached hydrogens (tertiary/aromatic N) is 1. The summed E-state index contributed by atoms with van der Waals surface area (Å²) in [6, 6.07) is 10.9. The van der Waals surface area contributed by atoms with Crippen molar-refractivity contribution in [3.8, 4) is 0 Å². The highest BCUT2D eigenvalue weighted by Gasteiger charge is 2.10. The summed E-state index contributed by atoms with van der Waals surface area (Å²) in [6.45, 7) is 3.87. The Kier molecular flexibility index (Phi) is 4.74. The van der Waals surface area contributed by atoms with Gasteiger partial charge in [0.25, 0.3) is 0 Å². The SMILES string of the molecule is Cc1cc(NC(=O)N[C@H](C)c2ccccn2)ccc1Br. The number of nitrogens with one attached hydrogen (secondary N) is 2. The molecule has 0 aliphatic carbocycles. The first kappa shape index (κ1) is 14.5. The van der Waals surface area contributed by atoms with Gasteiger partial charge < -0.3 is 10.6 Å². The van der Waals surface area contributed by atoms with Crippen LogP contribution in [0.3, 0.4) is 0 Å². The average molecular weight is 334 g/mol. The van der Waals surface area contributed by atoms with Gasteiger partial charge in [0.1, 0.15) is 0 Å². The predicted molar refractivity (Wildman–Crippen MR) is 83.7 cm³/mol. The number of rotatable bonds is 3. The molecular formula is C15H16BrN3O. The van der Waals surface area contributed by atoms with E-state index in [0.29, 0.717) is 0 Å². The van der Waals surface area contributed by atoms with Gasteiger partial charge in [0.15, 0.2) is 0 Å². The quantitative estimate of drug-likeness (QED) is 0.890. The van der Waals surface area contributed by atoms with Crippen LogP contribution in [0.15, 0.2) is 47.1 Å². The zero-order chi connectivity index (χ0) is 14.5. The van der Waals surface area contributed by atoms with Crippen LogP contribution in [0.25, 0.3) is 0 Å². The molecule has 0 spiro atoms. The molecule has 4 nitrogen and oxygen atoms in total. The highest BCUT2D eigenvalue weighted by molar-refractivity contribution is 9.10. The van der Waals surface area contributed by atoms with Crippen LogP contribution in [-0.4, -0.2) is 11.0 Å². The van der Waals surface area contributed by atoms with Crippen LogP contribution >= 0.6 is 15.9 Å². The van der Waals surface area contributed by atoms with E-state index >= 15 is 0 Å². The number of hydrogen-bond acceptors (Lipinski definition) is 2. The average Bonchev–Trinajstić information content (AvgIpc) is 2.44. The van der Waals surface area contributed by atoms with Crippen LogP contribution < -0.4 is 10.6 Å². The van der Waals surface area contributed by atoms with Crippen molar-refractivity contribution in [1.82, 2.24) is 10.3 Å². The van der Waals surface area contributed by atoms with Crippen molar-refractivity contribution in [1.29, 1.82) is 0 Å². The van der Waals surface area contributed by atoms with E-state index in [-0.39, 0.29) is 12.1 Å². The standard InChI is InChI=1S/C15H16BrN3O/c1-10-9-12(6-7-13(10)16)19-15(20)18-11(2)14-5-3-4-8-17-14/h3-9,11H,1-2H3,(H2,18,19,20)/t11-/m1/s1. The van der Waals surface area contributed by atoms with Crippen molar-refractivity contribution in [2.24, 2.45) is 0 Å². The summed E-state index contributed by atoms with van der Waals surface area (Å²) in [4.78, 5) is 16.1. The highest BCUT2D eigenvalue weighted by Crippen LogP contribution is 2.20. The normalized spacial score (nSPS) is 11.8. The van der Waals surface area contributed by atoms with Crippen LogP contribution in [0.1, 0.15) is 24.2 Å². The lowest BCUT2D eigenvalue weighted by Crippen LogP contribution is -2.31. The molecule has 2 rings (SSSR count). The summed E-state index contributed by atoms with van der Waals surface area (Å²) in [5.74, 6) is 0. The van der Waals surface area contributed by atoms with Gasteiger partial charge in [0, 0.05) is 16.4 Å². The van der Waals surface area contributed by atoms with Crippen LogP contribution in [0.5, 0.6) is 0 Å². The van der Waals surface area contributed by atoms with E-state index in [4.69, 9.17) is 0 Å². The Morgan fingerprint density at radius 1 is 1.30 bits per heavy atom. The Bertz CT molecular complexity index is 601. The van der Waals surface area contributed by atoms with Crippen molar-refractivity contribution >= 4 is 27.6 Å². The third kappa shape index (κ3) is 3.81. The van der Waals surface area contributed by atoms with Gasteiger partial charge in [-0.2, -0.15) is 0 Å². The number of carbonyl (C=O) groups excluding carboxylic acids is 1. The van der Waals surface area contributed by atoms with Gasteiger partial charge in [-0.3, -0.25) is 4.98 Å². The second-order valence-corrected chi connectivity index (χ2v) is 5.39. The molecule has 5 heteroatoms. The fraction of sp³-hybridized carbons (Fsp3) is 0.200. The lowest BCUT2D eigenvalue weighted by atomic mass is 10.2. The van der Waals surface area contributed by atoms with Crippen LogP contribution in [0.2, 0.25) is 0 Å². The molecule has 1 heterocycles. The fourth-order valence-electron chi connectivity index (χ4n) is 1.79. The third-order valence-electron chi connectivity index (χ3n) is 2.89. The number of anilines is 1. The molecule has 0 fully saturated rings. The first-order valence-corrected chi connectivity index (χ1v) is 7.10. The summed E-state index contributed by atoms with van der Waals surface area (Å²) in [5, 5.41) is 5.67. The second kappa shape index (κ2) is 6.52. The lowest BCUT2D eigenvalue weighted by molar-refractivity contribution is 0.249. The van der Waals surface area contributed by atoms with E-state index in [2.05, 4.69) is 31.5 Å². The van der Waals surface area contributed by atoms with Crippen molar-refractivity contribution in [3.05, 3.63) is 58.3 Å². The summed E-state index contributed by atoms with van der Waals surface area (Å²) < 4.78 is 1.02. The van der Waals surface area contributed by atoms with E-state index in [9.17, 15) is 4.79 Å². The summed E-state index contributed by atoms with van der Waals surface area (Å²) in [6.07, 6.45) is 1.71. The summed E-state index contributed by atoms with van der Waals surface area (Å²) >= 11 is 3.43. The number of pyridine rings is 1. The number of carbonyl (C=O) groups is 1. The molecule has 0 aliphatic heterocycles. The van der Waals surface area contributed by atoms with Gasteiger partial charge in [-0.1, -0.05) is 22.0 Å². The maximum atomic E-state index is 11.9. The Balaban J connectivity index is 1.97. The largest absolute Gasteiger partial charge is 0.330 e. The molecule has 0 unspecified atom stereocenters. The molecule has 0 aliphatic rings. The molecule has 2 aromatic rings. The molecule has 0 bridgehead atoms. The number of benzene rings is 1. The monoisotopic (exact) mass is 333 g/mol. The molecule has 104 valence electrons. The minimum absolute atomic E-state index is 0.146. The summed E-state index contributed by atoms with van der Waals surface area (Å²) in [5.41, 5.74) is 2.66. The topological polar surface area (TPSA) is 54.0 Å². The maximum Gasteiger partial charge on any atom is 0.319 e. The van der Waals surface area contributed by atoms with Crippen molar-refractivity contribution in [2.45, 2.75) is 19.9 Å². The van der Waals surface area contributed by atoms with Crippen molar-refractivity contribution < 1.29 is 4.79 Å². The van der Waals surface area contributed by atoms with Crippen LogP contribution in [-0.2, 0) is 0 Å². The van der Waals surface area contributed by atoms with Gasteiger partial charge in [-0.25, -0.2) is 4.79 Å². The molecule has 2 amide bonds. The number of hydrogen-bond donors (Lipinski definition) is 2. The van der Waals surface area contributed by atoms with Gasteiger partial charge in [0.2, 0.25) is 0 Å². The second-order valence-electron chi connectivity index (χ2n) is 4.54. The molecule has 1 atom stereocenters. The maximum absolute atomic E-state index is 11.9. The van der Waals surface area contributed by atoms with Gasteiger partial charge in [0.05, 0.1) is 11.7 Å². The molecule has 2 N–H and O–H groups in total. The van der Waals surface area contributed by atoms with E-state index in [0.717, 1.165) is 21.4 Å². The zero-order valence-corrected chi connectivity index (χ0v) is 12.9. The Morgan fingerprint density at radius 3 is 2.75 bits per heavy atom. The van der Waals surface area contributed by atoms with E-state index in [1.807, 2.05) is 50.2 Å². The van der Waals surface area contributed by atoms with E-state index in [1.165, 1.54) is 0 Å². The van der Waals surface area contributed by atoms with Crippen LogP contribution in [0, 0.1) is 6.92 Å². The molecular weight excluding hydrogens is 318 g/mol. The number of urea groups is 1. The number of aryl methyl sites for hydroxylation is 1. The first-order valence-electron chi connectivity index (χ1n) is 6.31. The Hall–Kier alpha value is -1.88. The molecule has 20 heavy (non-hydrogen) atoms. The lowest BCUT2D eigenvalue weighted by Gasteiger charge is -2.14. The first-order chi connectivity index (χ1) is 9.56. The van der Waals surface area contributed by atoms with Crippen LogP contribution in [0.4, 0.5) is 10.5 Å². The van der Waals surface area contributed by atoms with Crippen molar-refractivity contribution in [2.75, 3.05) is 5.32 Å². The third-order valence-corrected chi connectivity index (χ3v) is 3.78. The minimum Gasteiger partial charge on any atom is -0.330 e. The predicted octanol–water partition coefficient (Wildman–Crippen LogP) is 4.04. The molecule has 0 saturated carbocycles. The number of halogens is 1.